The molecule has 1 saturated carbocycles. The van der Waals surface area contributed by atoms with E-state index in [2.05, 4.69) is 71.3 Å². The molecule has 2 unspecified atom stereocenters. The molecule has 34 heavy (non-hydrogen) atoms. The second kappa shape index (κ2) is 9.96. The zero-order valence-electron chi connectivity index (χ0n) is 20.3. The molecule has 1 saturated heterocycles. The third-order valence-corrected chi connectivity index (χ3v) is 7.18. The Hall–Kier alpha value is -3.21. The number of aromatic nitrogens is 2. The lowest BCUT2D eigenvalue weighted by molar-refractivity contribution is -0.132. The van der Waals surface area contributed by atoms with Crippen molar-refractivity contribution in [3.05, 3.63) is 88.9 Å². The molecule has 2 fully saturated rings. The van der Waals surface area contributed by atoms with E-state index in [-0.39, 0.29) is 5.92 Å². The number of benzene rings is 2. The summed E-state index contributed by atoms with van der Waals surface area (Å²) in [5.41, 5.74) is 4.93. The van der Waals surface area contributed by atoms with Crippen LogP contribution in [0.25, 0.3) is 0 Å². The summed E-state index contributed by atoms with van der Waals surface area (Å²) >= 11 is 0. The molecule has 1 aliphatic carbocycles. The molecule has 1 amide bonds. The lowest BCUT2D eigenvalue weighted by atomic mass is 10.0. The van der Waals surface area contributed by atoms with E-state index < -0.39 is 0 Å². The van der Waals surface area contributed by atoms with Crippen LogP contribution >= 0.6 is 0 Å². The van der Waals surface area contributed by atoms with E-state index in [4.69, 9.17) is 9.97 Å². The van der Waals surface area contributed by atoms with E-state index in [0.717, 1.165) is 69.2 Å². The molecule has 0 bridgehead atoms. The van der Waals surface area contributed by atoms with Gasteiger partial charge in [0.1, 0.15) is 11.6 Å². The van der Waals surface area contributed by atoms with Crippen LogP contribution in [-0.2, 0) is 17.6 Å². The zero-order valence-corrected chi connectivity index (χ0v) is 20.3. The lowest BCUT2D eigenvalue weighted by Crippen LogP contribution is -2.37. The fourth-order valence-electron chi connectivity index (χ4n) is 5.29. The van der Waals surface area contributed by atoms with Gasteiger partial charge in [-0.15, -0.1) is 0 Å². The van der Waals surface area contributed by atoms with Gasteiger partial charge in [-0.25, -0.2) is 9.97 Å². The van der Waals surface area contributed by atoms with Crippen molar-refractivity contribution in [2.24, 2.45) is 5.92 Å². The highest BCUT2D eigenvalue weighted by molar-refractivity contribution is 5.83. The highest BCUT2D eigenvalue weighted by Gasteiger charge is 2.45. The number of carbonyl (C=O) groups excluding carboxylic acids is 1. The Labute approximate surface area is 202 Å². The van der Waals surface area contributed by atoms with E-state index in [1.54, 1.807) is 0 Å². The van der Waals surface area contributed by atoms with Crippen LogP contribution in [-0.4, -0.2) is 47.0 Å². The molecule has 5 nitrogen and oxygen atoms in total. The van der Waals surface area contributed by atoms with Gasteiger partial charge in [-0.2, -0.15) is 0 Å². The summed E-state index contributed by atoms with van der Waals surface area (Å²) in [6, 6.07) is 21.1. The standard InChI is InChI=1S/C29H34N4O/c1-3-27-26(19-22-11-6-4-7-12-22)28(31-21(2)30-27)32-15-10-16-33(18-17-32)29(34)25-20-24(25)23-13-8-5-9-14-23/h4-9,11-14,24-25H,3,10,15-20H2,1-2H3. The Balaban J connectivity index is 1.32. The van der Waals surface area contributed by atoms with Crippen LogP contribution in [0.3, 0.4) is 0 Å². The van der Waals surface area contributed by atoms with Gasteiger partial charge >= 0.3 is 0 Å². The summed E-state index contributed by atoms with van der Waals surface area (Å²) in [4.78, 5) is 27.5. The average molecular weight is 455 g/mol. The number of anilines is 1. The normalized spacial score (nSPS) is 20.2. The summed E-state index contributed by atoms with van der Waals surface area (Å²) in [6.45, 7) is 7.47. The van der Waals surface area contributed by atoms with Gasteiger partial charge in [0.05, 0.1) is 0 Å². The van der Waals surface area contributed by atoms with Crippen molar-refractivity contribution >= 4 is 11.7 Å². The number of hydrogen-bond acceptors (Lipinski definition) is 4. The topological polar surface area (TPSA) is 49.3 Å². The minimum atomic E-state index is 0.149. The molecule has 0 spiro atoms. The van der Waals surface area contributed by atoms with Gasteiger partial charge in [0, 0.05) is 49.8 Å². The smallest absolute Gasteiger partial charge is 0.226 e. The maximum atomic E-state index is 13.3. The summed E-state index contributed by atoms with van der Waals surface area (Å²) < 4.78 is 0. The monoisotopic (exact) mass is 454 g/mol. The van der Waals surface area contributed by atoms with Gasteiger partial charge in [0.15, 0.2) is 0 Å². The van der Waals surface area contributed by atoms with Crippen molar-refractivity contribution in [1.82, 2.24) is 14.9 Å². The summed E-state index contributed by atoms with van der Waals surface area (Å²) in [5, 5.41) is 0. The summed E-state index contributed by atoms with van der Waals surface area (Å²) in [6.07, 6.45) is 3.66. The van der Waals surface area contributed by atoms with Crippen molar-refractivity contribution in [3.8, 4) is 0 Å². The second-order valence-corrected chi connectivity index (χ2v) is 9.56. The van der Waals surface area contributed by atoms with Gasteiger partial charge in [-0.3, -0.25) is 4.79 Å². The predicted molar refractivity (Wildman–Crippen MR) is 136 cm³/mol. The highest BCUT2D eigenvalue weighted by Crippen LogP contribution is 2.48. The first-order valence-electron chi connectivity index (χ1n) is 12.6. The quantitative estimate of drug-likeness (QED) is 0.538. The van der Waals surface area contributed by atoms with E-state index in [1.807, 2.05) is 13.0 Å². The Morgan fingerprint density at radius 1 is 0.941 bits per heavy atom. The molecule has 1 aromatic heterocycles. The highest BCUT2D eigenvalue weighted by atomic mass is 16.2. The van der Waals surface area contributed by atoms with Crippen LogP contribution in [0, 0.1) is 12.8 Å². The Bertz CT molecular complexity index is 1130. The third-order valence-electron chi connectivity index (χ3n) is 7.18. The van der Waals surface area contributed by atoms with Gasteiger partial charge in [0.2, 0.25) is 5.91 Å². The van der Waals surface area contributed by atoms with Crippen LogP contribution in [0.15, 0.2) is 60.7 Å². The number of amides is 1. The van der Waals surface area contributed by atoms with E-state index in [9.17, 15) is 4.79 Å². The first kappa shape index (κ1) is 22.6. The first-order valence-corrected chi connectivity index (χ1v) is 12.6. The number of hydrogen-bond donors (Lipinski definition) is 0. The number of aryl methyl sites for hydroxylation is 2. The van der Waals surface area contributed by atoms with Crippen molar-refractivity contribution in [2.75, 3.05) is 31.1 Å². The van der Waals surface area contributed by atoms with E-state index in [0.29, 0.717) is 11.8 Å². The first-order chi connectivity index (χ1) is 16.6. The van der Waals surface area contributed by atoms with Crippen LogP contribution in [0.5, 0.6) is 0 Å². The average Bonchev–Trinajstić information content (AvgIpc) is 3.70. The van der Waals surface area contributed by atoms with Crippen LogP contribution < -0.4 is 4.90 Å². The molecule has 2 atom stereocenters. The van der Waals surface area contributed by atoms with Crippen LogP contribution in [0.2, 0.25) is 0 Å². The van der Waals surface area contributed by atoms with Crippen molar-refractivity contribution in [2.45, 2.75) is 45.4 Å². The Kier molecular flexibility index (Phi) is 6.61. The third kappa shape index (κ3) is 4.84. The molecule has 2 heterocycles. The molecule has 5 rings (SSSR count). The van der Waals surface area contributed by atoms with Gasteiger partial charge < -0.3 is 9.80 Å². The number of carbonyl (C=O) groups is 1. The van der Waals surface area contributed by atoms with Gasteiger partial charge in [-0.05, 0) is 43.2 Å². The SMILES string of the molecule is CCc1nc(C)nc(N2CCCN(C(=O)C3CC3c3ccccc3)CC2)c1Cc1ccccc1. The maximum absolute atomic E-state index is 13.3. The molecule has 5 heteroatoms. The summed E-state index contributed by atoms with van der Waals surface area (Å²) in [7, 11) is 0. The maximum Gasteiger partial charge on any atom is 0.226 e. The molecular weight excluding hydrogens is 420 g/mol. The van der Waals surface area contributed by atoms with Crippen LogP contribution in [0.1, 0.15) is 53.9 Å². The molecule has 3 aromatic rings. The van der Waals surface area contributed by atoms with Crippen LogP contribution in [0.4, 0.5) is 5.82 Å². The zero-order chi connectivity index (χ0) is 23.5. The minimum absolute atomic E-state index is 0.149. The molecular formula is C29H34N4O. The molecule has 2 aliphatic rings. The van der Waals surface area contributed by atoms with Crippen molar-refractivity contribution in [3.63, 3.8) is 0 Å². The predicted octanol–water partition coefficient (Wildman–Crippen LogP) is 4.78. The van der Waals surface area contributed by atoms with Gasteiger partial charge in [0.25, 0.3) is 0 Å². The second-order valence-electron chi connectivity index (χ2n) is 9.56. The molecule has 0 N–H and O–H groups in total. The minimum Gasteiger partial charge on any atom is -0.354 e. The van der Waals surface area contributed by atoms with Gasteiger partial charge in [-0.1, -0.05) is 67.6 Å². The largest absolute Gasteiger partial charge is 0.354 e. The van der Waals surface area contributed by atoms with E-state index >= 15 is 0 Å². The fourth-order valence-corrected chi connectivity index (χ4v) is 5.29. The van der Waals surface area contributed by atoms with E-state index in [1.165, 1.54) is 16.7 Å². The van der Waals surface area contributed by atoms with Crippen molar-refractivity contribution in [1.29, 1.82) is 0 Å². The molecule has 176 valence electrons. The Morgan fingerprint density at radius 3 is 2.41 bits per heavy atom. The summed E-state index contributed by atoms with van der Waals surface area (Å²) in [5.74, 6) is 2.74. The molecule has 0 radical (unpaired) electrons. The van der Waals surface area contributed by atoms with Crippen molar-refractivity contribution < 1.29 is 4.79 Å². The molecule has 1 aliphatic heterocycles. The number of nitrogens with zero attached hydrogens (tertiary/aromatic N) is 4. The lowest BCUT2D eigenvalue weighted by Gasteiger charge is -2.26. The number of rotatable bonds is 6. The Morgan fingerprint density at radius 2 is 1.68 bits per heavy atom. The fraction of sp³-hybridized carbons (Fsp3) is 0.414. The molecule has 2 aromatic carbocycles.